The van der Waals surface area contributed by atoms with E-state index in [4.69, 9.17) is 27.8 Å². The van der Waals surface area contributed by atoms with Gasteiger partial charge in [0.2, 0.25) is 0 Å². The van der Waals surface area contributed by atoms with Gasteiger partial charge in [0.1, 0.15) is 0 Å². The number of hydrogen-bond acceptors (Lipinski definition) is 4. The Kier molecular flexibility index (Phi) is 7.26. The molecule has 100 valence electrons. The maximum atomic E-state index is 11.1. The number of nitrogens with two attached hydrogens (primary N) is 1. The summed E-state index contributed by atoms with van der Waals surface area (Å²) < 4.78 is 5.00. The average molecular weight is 262 g/mol. The minimum atomic E-state index is -0.810. The molecule has 0 aliphatic carbocycles. The molecule has 0 aromatic heterocycles. The molecule has 0 bridgehead atoms. The Bertz CT molecular complexity index is 269. The van der Waals surface area contributed by atoms with Crippen LogP contribution in [0, 0.1) is 5.41 Å². The Morgan fingerprint density at radius 1 is 1.47 bits per heavy atom. The first-order valence-corrected chi connectivity index (χ1v) is 5.93. The van der Waals surface area contributed by atoms with Gasteiger partial charge in [-0.15, -0.1) is 0 Å². The number of methoxy groups -OCH3 is 1. The van der Waals surface area contributed by atoms with Gasteiger partial charge in [-0.05, 0) is 13.8 Å². The molecule has 0 amide bonds. The molecule has 0 aromatic carbocycles. The van der Waals surface area contributed by atoms with Gasteiger partial charge in [-0.2, -0.15) is 0 Å². The summed E-state index contributed by atoms with van der Waals surface area (Å²) >= 11 is 4.82. The number of thiocarbonyl (C=S) groups is 1. The van der Waals surface area contributed by atoms with Crippen LogP contribution in [0.25, 0.3) is 0 Å². The third-order valence-corrected chi connectivity index (χ3v) is 2.69. The van der Waals surface area contributed by atoms with Crippen LogP contribution in [-0.4, -0.2) is 54.3 Å². The Morgan fingerprint density at radius 2 is 2.06 bits per heavy atom. The summed E-state index contributed by atoms with van der Waals surface area (Å²) in [7, 11) is 1.62. The summed E-state index contributed by atoms with van der Waals surface area (Å²) in [5.74, 6) is -0.810. The summed E-state index contributed by atoms with van der Waals surface area (Å²) in [6.45, 7) is 5.76. The zero-order valence-corrected chi connectivity index (χ0v) is 11.5. The number of carboxylic acids is 1. The van der Waals surface area contributed by atoms with Crippen molar-refractivity contribution in [1.29, 1.82) is 0 Å². The molecule has 0 aliphatic rings. The predicted molar refractivity (Wildman–Crippen MR) is 71.1 cm³/mol. The molecule has 5 nitrogen and oxygen atoms in total. The van der Waals surface area contributed by atoms with Crippen LogP contribution in [0.1, 0.15) is 20.3 Å². The van der Waals surface area contributed by atoms with Crippen molar-refractivity contribution in [1.82, 2.24) is 4.90 Å². The molecule has 17 heavy (non-hydrogen) atoms. The van der Waals surface area contributed by atoms with E-state index in [1.807, 2.05) is 4.90 Å². The van der Waals surface area contributed by atoms with Gasteiger partial charge in [-0.25, -0.2) is 0 Å². The number of carbonyl (C=O) groups is 1. The SMILES string of the molecule is COCCN(CCC(N)=S)CC(C)(C)C(=O)O. The summed E-state index contributed by atoms with van der Waals surface area (Å²) in [4.78, 5) is 13.5. The van der Waals surface area contributed by atoms with Gasteiger partial charge < -0.3 is 15.6 Å². The van der Waals surface area contributed by atoms with Crippen molar-refractivity contribution in [2.24, 2.45) is 11.1 Å². The molecule has 0 atom stereocenters. The average Bonchev–Trinajstić information content (AvgIpc) is 2.21. The topological polar surface area (TPSA) is 75.8 Å². The minimum Gasteiger partial charge on any atom is -0.481 e. The quantitative estimate of drug-likeness (QED) is 0.596. The van der Waals surface area contributed by atoms with Crippen molar-refractivity contribution in [2.45, 2.75) is 20.3 Å². The van der Waals surface area contributed by atoms with Crippen molar-refractivity contribution in [2.75, 3.05) is 33.4 Å². The number of carboxylic acid groups (broad SMARTS) is 1. The lowest BCUT2D eigenvalue weighted by molar-refractivity contribution is -0.148. The van der Waals surface area contributed by atoms with E-state index in [1.54, 1.807) is 21.0 Å². The minimum absolute atomic E-state index is 0.445. The lowest BCUT2D eigenvalue weighted by Gasteiger charge is -2.29. The molecule has 0 fully saturated rings. The van der Waals surface area contributed by atoms with Crippen LogP contribution in [-0.2, 0) is 9.53 Å². The van der Waals surface area contributed by atoms with Crippen LogP contribution >= 0.6 is 12.2 Å². The smallest absolute Gasteiger partial charge is 0.310 e. The molecule has 0 rings (SSSR count). The van der Waals surface area contributed by atoms with E-state index in [9.17, 15) is 4.79 Å². The van der Waals surface area contributed by atoms with Crippen LogP contribution in [0.3, 0.4) is 0 Å². The maximum Gasteiger partial charge on any atom is 0.310 e. The third-order valence-electron chi connectivity index (χ3n) is 2.48. The van der Waals surface area contributed by atoms with Crippen LogP contribution in [0.4, 0.5) is 0 Å². The fourth-order valence-electron chi connectivity index (χ4n) is 1.39. The molecule has 3 N–H and O–H groups in total. The van der Waals surface area contributed by atoms with E-state index in [-0.39, 0.29) is 0 Å². The zero-order chi connectivity index (χ0) is 13.5. The van der Waals surface area contributed by atoms with E-state index in [1.165, 1.54) is 0 Å². The van der Waals surface area contributed by atoms with Crippen molar-refractivity contribution in [3.63, 3.8) is 0 Å². The Balaban J connectivity index is 4.36. The van der Waals surface area contributed by atoms with Gasteiger partial charge in [0.25, 0.3) is 0 Å². The van der Waals surface area contributed by atoms with Gasteiger partial charge in [0, 0.05) is 33.2 Å². The Hall–Kier alpha value is -0.720. The molecule has 0 saturated heterocycles. The Labute approximate surface area is 108 Å². The molecular formula is C11H22N2O3S. The summed E-state index contributed by atoms with van der Waals surface area (Å²) in [5.41, 5.74) is 4.66. The Morgan fingerprint density at radius 3 is 2.47 bits per heavy atom. The first-order chi connectivity index (χ1) is 7.79. The number of ether oxygens (including phenoxy) is 1. The second-order valence-corrected chi connectivity index (χ2v) is 5.20. The highest BCUT2D eigenvalue weighted by Crippen LogP contribution is 2.17. The molecule has 0 radical (unpaired) electrons. The number of aliphatic carboxylic acids is 1. The van der Waals surface area contributed by atoms with E-state index in [0.29, 0.717) is 37.7 Å². The fraction of sp³-hybridized carbons (Fsp3) is 0.818. The van der Waals surface area contributed by atoms with E-state index >= 15 is 0 Å². The predicted octanol–water partition coefficient (Wildman–Crippen LogP) is 0.722. The highest BCUT2D eigenvalue weighted by Gasteiger charge is 2.29. The number of hydrogen-bond donors (Lipinski definition) is 2. The van der Waals surface area contributed by atoms with E-state index in [0.717, 1.165) is 0 Å². The lowest BCUT2D eigenvalue weighted by atomic mass is 9.93. The van der Waals surface area contributed by atoms with Gasteiger partial charge in [-0.1, -0.05) is 12.2 Å². The number of nitrogens with zero attached hydrogens (tertiary/aromatic N) is 1. The molecular weight excluding hydrogens is 240 g/mol. The van der Waals surface area contributed by atoms with Crippen molar-refractivity contribution in [3.8, 4) is 0 Å². The molecule has 0 spiro atoms. The fourth-order valence-corrected chi connectivity index (χ4v) is 1.48. The second-order valence-electron chi connectivity index (χ2n) is 4.67. The van der Waals surface area contributed by atoms with Crippen LogP contribution in [0.15, 0.2) is 0 Å². The first kappa shape index (κ1) is 16.3. The molecule has 6 heteroatoms. The summed E-state index contributed by atoms with van der Waals surface area (Å²) in [6.07, 6.45) is 0.592. The van der Waals surface area contributed by atoms with E-state index in [2.05, 4.69) is 0 Å². The van der Waals surface area contributed by atoms with Gasteiger partial charge in [-0.3, -0.25) is 9.69 Å². The van der Waals surface area contributed by atoms with Crippen molar-refractivity contribution >= 4 is 23.2 Å². The van der Waals surface area contributed by atoms with Crippen LogP contribution in [0.2, 0.25) is 0 Å². The van der Waals surface area contributed by atoms with Crippen LogP contribution in [0.5, 0.6) is 0 Å². The van der Waals surface area contributed by atoms with Gasteiger partial charge in [0.15, 0.2) is 0 Å². The summed E-state index contributed by atoms with van der Waals surface area (Å²) in [6, 6.07) is 0. The standard InChI is InChI=1S/C11H22N2O3S/c1-11(2,10(14)15)8-13(6-7-16-3)5-4-9(12)17/h4-8H2,1-3H3,(H2,12,17)(H,14,15). The monoisotopic (exact) mass is 262 g/mol. The molecule has 0 aromatic rings. The summed E-state index contributed by atoms with van der Waals surface area (Å²) in [5, 5.41) is 9.08. The molecule has 0 aliphatic heterocycles. The molecule has 0 heterocycles. The second kappa shape index (κ2) is 7.58. The first-order valence-electron chi connectivity index (χ1n) is 5.52. The normalized spacial score (nSPS) is 11.8. The lowest BCUT2D eigenvalue weighted by Crippen LogP contribution is -2.41. The number of rotatable bonds is 9. The highest BCUT2D eigenvalue weighted by molar-refractivity contribution is 7.80. The molecule has 0 saturated carbocycles. The van der Waals surface area contributed by atoms with Gasteiger partial charge in [0.05, 0.1) is 17.0 Å². The zero-order valence-electron chi connectivity index (χ0n) is 10.7. The van der Waals surface area contributed by atoms with Crippen molar-refractivity contribution in [3.05, 3.63) is 0 Å². The largest absolute Gasteiger partial charge is 0.481 e. The van der Waals surface area contributed by atoms with Crippen molar-refractivity contribution < 1.29 is 14.6 Å². The third kappa shape index (κ3) is 7.25. The molecule has 0 unspecified atom stereocenters. The maximum absolute atomic E-state index is 11.1. The van der Waals surface area contributed by atoms with Gasteiger partial charge >= 0.3 is 5.97 Å². The van der Waals surface area contributed by atoms with Crippen LogP contribution < -0.4 is 5.73 Å². The highest BCUT2D eigenvalue weighted by atomic mass is 32.1. The van der Waals surface area contributed by atoms with E-state index < -0.39 is 11.4 Å².